The molecule has 204 valence electrons. The van der Waals surface area contributed by atoms with Crippen LogP contribution in [-0.2, 0) is 43.8 Å². The minimum absolute atomic E-state index is 0.0829. The van der Waals surface area contributed by atoms with Crippen LogP contribution in [0.4, 0.5) is 0 Å². The average Bonchev–Trinajstić information content (AvgIpc) is 3.13. The Balaban J connectivity index is 2.15. The smallest absolute Gasteiger partial charge is 0.395 e. The van der Waals surface area contributed by atoms with Gasteiger partial charge in [-0.25, -0.2) is 4.18 Å². The third-order valence-corrected chi connectivity index (χ3v) is 6.45. The number of aliphatic hydroxyl groups is 3. The zero-order valence-corrected chi connectivity index (χ0v) is 20.0. The summed E-state index contributed by atoms with van der Waals surface area (Å²) in [7, 11) is -9.38. The van der Waals surface area contributed by atoms with Gasteiger partial charge in [-0.3, -0.25) is 24.0 Å². The van der Waals surface area contributed by atoms with E-state index in [1.54, 1.807) is 0 Å². The molecule has 19 heteroatoms. The minimum Gasteiger partial charge on any atom is -0.395 e. The van der Waals surface area contributed by atoms with Crippen molar-refractivity contribution in [2.45, 2.75) is 62.2 Å². The Bertz CT molecular complexity index is 961. The highest BCUT2D eigenvalue weighted by Crippen LogP contribution is 2.29. The lowest BCUT2D eigenvalue weighted by Crippen LogP contribution is -2.66. The van der Waals surface area contributed by atoms with Crippen LogP contribution in [0.3, 0.4) is 0 Å². The van der Waals surface area contributed by atoms with Crippen molar-refractivity contribution in [1.82, 2.24) is 16.0 Å². The van der Waals surface area contributed by atoms with E-state index in [1.165, 1.54) is 0 Å². The van der Waals surface area contributed by atoms with Crippen LogP contribution in [0.15, 0.2) is 0 Å². The maximum Gasteiger partial charge on any atom is 0.397 e. The Labute approximate surface area is 200 Å². The van der Waals surface area contributed by atoms with Gasteiger partial charge >= 0.3 is 10.4 Å². The number of aliphatic hydroxyl groups excluding tert-OH is 3. The van der Waals surface area contributed by atoms with Crippen molar-refractivity contribution in [3.05, 3.63) is 0 Å². The van der Waals surface area contributed by atoms with Crippen molar-refractivity contribution in [3.63, 3.8) is 0 Å². The highest BCUT2D eigenvalue weighted by Gasteiger charge is 2.50. The summed E-state index contributed by atoms with van der Waals surface area (Å²) < 4.78 is 77.3. The second-order valence-electron chi connectivity index (χ2n) is 7.93. The molecule has 2 saturated heterocycles. The number of rotatable bonds is 11. The first-order chi connectivity index (χ1) is 16.1. The van der Waals surface area contributed by atoms with E-state index in [-0.39, 0.29) is 13.0 Å². The normalized spacial score (nSPS) is 33.9. The van der Waals surface area contributed by atoms with Crippen LogP contribution < -0.4 is 16.0 Å². The number of amides is 2. The van der Waals surface area contributed by atoms with Crippen LogP contribution in [0.1, 0.15) is 13.3 Å². The van der Waals surface area contributed by atoms with Crippen LogP contribution in [-0.4, -0.2) is 127 Å². The molecule has 2 heterocycles. The van der Waals surface area contributed by atoms with E-state index in [1.807, 2.05) is 0 Å². The zero-order chi connectivity index (χ0) is 26.6. The third-order valence-electron chi connectivity index (χ3n) is 5.27. The molecule has 2 aliphatic rings. The van der Waals surface area contributed by atoms with E-state index in [0.717, 1.165) is 6.92 Å². The molecule has 0 spiro atoms. The van der Waals surface area contributed by atoms with Crippen LogP contribution in [0.2, 0.25) is 0 Å². The van der Waals surface area contributed by atoms with Crippen molar-refractivity contribution in [1.29, 1.82) is 0 Å². The van der Waals surface area contributed by atoms with Gasteiger partial charge in [0.05, 0.1) is 37.2 Å². The molecule has 17 nitrogen and oxygen atoms in total. The Morgan fingerprint density at radius 3 is 2.31 bits per heavy atom. The summed E-state index contributed by atoms with van der Waals surface area (Å²) in [6.45, 7) is -0.700. The Morgan fingerprint density at radius 2 is 1.80 bits per heavy atom. The molecule has 2 rings (SSSR count). The van der Waals surface area contributed by atoms with E-state index in [4.69, 9.17) is 18.6 Å². The third kappa shape index (κ3) is 8.82. The van der Waals surface area contributed by atoms with Crippen molar-refractivity contribution < 1.29 is 64.5 Å². The number of hydrogen-bond donors (Lipinski definition) is 8. The fraction of sp³-hybridized carbons (Fsp3) is 0.875. The molecule has 0 aromatic rings. The first-order valence-corrected chi connectivity index (χ1v) is 13.2. The lowest BCUT2D eigenvalue weighted by molar-refractivity contribution is -0.279. The fourth-order valence-electron chi connectivity index (χ4n) is 3.76. The Kier molecular flexibility index (Phi) is 10.3. The number of carbonyl (C=O) groups is 2. The molecule has 8 atom stereocenters. The van der Waals surface area contributed by atoms with E-state index in [2.05, 4.69) is 20.1 Å². The summed E-state index contributed by atoms with van der Waals surface area (Å²) in [4.78, 5) is 24.0. The number of nitrogens with one attached hydrogen (secondary N) is 3. The minimum atomic E-state index is -5.08. The van der Waals surface area contributed by atoms with Gasteiger partial charge in [-0.2, -0.15) is 16.8 Å². The van der Waals surface area contributed by atoms with Gasteiger partial charge in [-0.05, 0) is 6.42 Å². The van der Waals surface area contributed by atoms with Crippen molar-refractivity contribution in [2.24, 2.45) is 0 Å². The van der Waals surface area contributed by atoms with Crippen molar-refractivity contribution in [3.8, 4) is 0 Å². The van der Waals surface area contributed by atoms with Crippen molar-refractivity contribution in [2.75, 3.05) is 25.5 Å². The molecular formula is C16H29N3O14S2. The van der Waals surface area contributed by atoms with Crippen LogP contribution in [0.25, 0.3) is 0 Å². The first kappa shape index (κ1) is 29.7. The maximum absolute atomic E-state index is 12.3. The summed E-state index contributed by atoms with van der Waals surface area (Å²) in [6, 6.07) is -3.27. The predicted molar refractivity (Wildman–Crippen MR) is 112 cm³/mol. The Hall–Kier alpha value is -1.52. The summed E-state index contributed by atoms with van der Waals surface area (Å²) in [5.74, 6) is -2.05. The number of ether oxygens (including phenoxy) is 2. The van der Waals surface area contributed by atoms with Gasteiger partial charge in [0, 0.05) is 13.5 Å². The summed E-state index contributed by atoms with van der Waals surface area (Å²) in [5, 5.41) is 37.3. The topological polar surface area (TPSA) is 267 Å². The molecule has 2 fully saturated rings. The van der Waals surface area contributed by atoms with E-state index in [9.17, 15) is 41.7 Å². The van der Waals surface area contributed by atoms with Gasteiger partial charge in [-0.15, -0.1) is 0 Å². The molecule has 0 aromatic carbocycles. The largest absolute Gasteiger partial charge is 0.397 e. The highest BCUT2D eigenvalue weighted by atomic mass is 32.3. The van der Waals surface area contributed by atoms with Crippen molar-refractivity contribution >= 4 is 32.3 Å². The molecule has 35 heavy (non-hydrogen) atoms. The standard InChI is InChI=1S/C16H29N3O14S2/c1-7(22)18-12-13(23)14(33-35(28,29)30)11(6-21)32-16(12)31-10-4-8(19-9(10)5-20)15(24)17-2-3-34(25,26)27/h8-14,16,19-21,23H,2-6H2,1H3,(H,17,24)(H,18,22)(H,25,26,27)(H,28,29,30)/t8-,9+,10-,11?,12?,13?,14+,16+/m0/s1. The maximum atomic E-state index is 12.3. The van der Waals surface area contributed by atoms with Gasteiger partial charge < -0.3 is 35.4 Å². The van der Waals surface area contributed by atoms with Gasteiger partial charge in [-0.1, -0.05) is 0 Å². The van der Waals surface area contributed by atoms with Gasteiger partial charge in [0.25, 0.3) is 10.1 Å². The second kappa shape index (κ2) is 12.1. The van der Waals surface area contributed by atoms with Gasteiger partial charge in [0.1, 0.15) is 24.4 Å². The molecule has 0 bridgehead atoms. The summed E-state index contributed by atoms with van der Waals surface area (Å²) in [5.41, 5.74) is 0. The fourth-order valence-corrected chi connectivity index (χ4v) is 4.64. The predicted octanol–water partition coefficient (Wildman–Crippen LogP) is -5.13. The lowest BCUT2D eigenvalue weighted by Gasteiger charge is -2.44. The number of hydrogen-bond acceptors (Lipinski definition) is 13. The Morgan fingerprint density at radius 1 is 1.14 bits per heavy atom. The first-order valence-electron chi connectivity index (χ1n) is 10.3. The monoisotopic (exact) mass is 551 g/mol. The zero-order valence-electron chi connectivity index (χ0n) is 18.4. The summed E-state index contributed by atoms with van der Waals surface area (Å²) >= 11 is 0. The van der Waals surface area contributed by atoms with E-state index >= 15 is 0 Å². The molecule has 0 aromatic heterocycles. The van der Waals surface area contributed by atoms with Crippen LogP contribution in [0, 0.1) is 0 Å². The van der Waals surface area contributed by atoms with Gasteiger partial charge in [0.2, 0.25) is 11.8 Å². The number of carbonyl (C=O) groups excluding carboxylic acids is 2. The molecule has 0 aliphatic carbocycles. The van der Waals surface area contributed by atoms with Crippen LogP contribution >= 0.6 is 0 Å². The highest BCUT2D eigenvalue weighted by molar-refractivity contribution is 7.85. The molecule has 0 radical (unpaired) electrons. The average molecular weight is 552 g/mol. The molecule has 8 N–H and O–H groups in total. The van der Waals surface area contributed by atoms with Gasteiger partial charge in [0.15, 0.2) is 6.29 Å². The second-order valence-corrected chi connectivity index (χ2v) is 10.5. The molecule has 0 saturated carbocycles. The van der Waals surface area contributed by atoms with E-state index < -0.39 is 100 Å². The molecular weight excluding hydrogens is 522 g/mol. The summed E-state index contributed by atoms with van der Waals surface area (Å²) in [6.07, 6.45) is -7.76. The molecule has 2 aliphatic heterocycles. The molecule has 3 unspecified atom stereocenters. The molecule has 2 amide bonds. The van der Waals surface area contributed by atoms with Crippen LogP contribution in [0.5, 0.6) is 0 Å². The SMILES string of the molecule is CC(=O)NC1C(O)[C@H](OS(=O)(=O)O)C(CO)O[C@H]1O[C@H]1C[C@@H](C(=O)NCCS(=O)(=O)O)N[C@@H]1CO. The quantitative estimate of drug-likeness (QED) is 0.112. The van der Waals surface area contributed by atoms with E-state index in [0.29, 0.717) is 0 Å². The lowest BCUT2D eigenvalue weighted by atomic mass is 9.96.